The molecule has 18 heavy (non-hydrogen) atoms. The zero-order valence-corrected chi connectivity index (χ0v) is 12.2. The molecule has 0 aliphatic carbocycles. The van der Waals surface area contributed by atoms with Crippen molar-refractivity contribution < 1.29 is 4.74 Å². The van der Waals surface area contributed by atoms with Gasteiger partial charge in [-0.3, -0.25) is 0 Å². The van der Waals surface area contributed by atoms with Crippen molar-refractivity contribution in [2.24, 2.45) is 0 Å². The van der Waals surface area contributed by atoms with E-state index >= 15 is 0 Å². The van der Waals surface area contributed by atoms with E-state index in [-0.39, 0.29) is 0 Å². The van der Waals surface area contributed by atoms with Gasteiger partial charge >= 0.3 is 0 Å². The van der Waals surface area contributed by atoms with Crippen LogP contribution in [0.1, 0.15) is 6.42 Å². The summed E-state index contributed by atoms with van der Waals surface area (Å²) in [6.07, 6.45) is 0.983. The van der Waals surface area contributed by atoms with E-state index in [1.54, 1.807) is 0 Å². The van der Waals surface area contributed by atoms with E-state index < -0.39 is 0 Å². The molecule has 0 atom stereocenters. The first-order chi connectivity index (χ1) is 8.81. The number of alkyl halides is 1. The van der Waals surface area contributed by atoms with Crippen molar-refractivity contribution in [2.75, 3.05) is 11.9 Å². The van der Waals surface area contributed by atoms with Gasteiger partial charge in [0.15, 0.2) is 0 Å². The standard InChI is InChI=1S/C15H14BrClO/c16-9-4-10-18-15-8-7-13(17)11-14(15)12-5-2-1-3-6-12/h1-3,5-8,11H,4,9-10H2. The van der Waals surface area contributed by atoms with Crippen molar-refractivity contribution in [1.82, 2.24) is 0 Å². The van der Waals surface area contributed by atoms with Gasteiger partial charge in [0, 0.05) is 15.9 Å². The Morgan fingerprint density at radius 3 is 2.56 bits per heavy atom. The molecule has 0 saturated carbocycles. The number of hydrogen-bond donors (Lipinski definition) is 0. The van der Waals surface area contributed by atoms with Crippen LogP contribution in [0.3, 0.4) is 0 Å². The maximum absolute atomic E-state index is 6.06. The molecule has 0 unspecified atom stereocenters. The third-order valence-corrected chi connectivity index (χ3v) is 3.36. The lowest BCUT2D eigenvalue weighted by molar-refractivity contribution is 0.320. The van der Waals surface area contributed by atoms with Crippen LogP contribution in [0.5, 0.6) is 5.75 Å². The molecule has 2 aromatic rings. The van der Waals surface area contributed by atoms with Gasteiger partial charge in [0.05, 0.1) is 6.61 Å². The summed E-state index contributed by atoms with van der Waals surface area (Å²) < 4.78 is 5.80. The van der Waals surface area contributed by atoms with E-state index in [0.29, 0.717) is 6.61 Å². The summed E-state index contributed by atoms with van der Waals surface area (Å²) in [7, 11) is 0. The van der Waals surface area contributed by atoms with Crippen molar-refractivity contribution in [3.8, 4) is 16.9 Å². The third-order valence-electron chi connectivity index (χ3n) is 2.56. The maximum atomic E-state index is 6.06. The third kappa shape index (κ3) is 3.50. The summed E-state index contributed by atoms with van der Waals surface area (Å²) in [5.41, 5.74) is 2.16. The molecule has 0 amide bonds. The molecule has 0 aliphatic rings. The molecule has 1 nitrogen and oxygen atoms in total. The molecule has 0 aromatic heterocycles. The van der Waals surface area contributed by atoms with Crippen LogP contribution in [0.2, 0.25) is 5.02 Å². The lowest BCUT2D eigenvalue weighted by Gasteiger charge is -2.11. The number of rotatable bonds is 5. The monoisotopic (exact) mass is 324 g/mol. The number of benzene rings is 2. The molecule has 2 aromatic carbocycles. The van der Waals surface area contributed by atoms with Gasteiger partial charge in [-0.15, -0.1) is 0 Å². The minimum Gasteiger partial charge on any atom is -0.493 e. The first kappa shape index (κ1) is 13.4. The van der Waals surface area contributed by atoms with Gasteiger partial charge in [-0.25, -0.2) is 0 Å². The molecular weight excluding hydrogens is 312 g/mol. The summed E-state index contributed by atoms with van der Waals surface area (Å²) in [4.78, 5) is 0. The van der Waals surface area contributed by atoms with Crippen molar-refractivity contribution >= 4 is 27.5 Å². The Morgan fingerprint density at radius 2 is 1.83 bits per heavy atom. The van der Waals surface area contributed by atoms with Crippen molar-refractivity contribution in [2.45, 2.75) is 6.42 Å². The van der Waals surface area contributed by atoms with E-state index in [9.17, 15) is 0 Å². The van der Waals surface area contributed by atoms with Crippen LogP contribution in [0.4, 0.5) is 0 Å². The second kappa shape index (κ2) is 6.81. The Hall–Kier alpha value is -0.990. The lowest BCUT2D eigenvalue weighted by atomic mass is 10.0. The van der Waals surface area contributed by atoms with Crippen molar-refractivity contribution in [3.05, 3.63) is 53.6 Å². The average Bonchev–Trinajstić information content (AvgIpc) is 2.41. The number of ether oxygens (including phenoxy) is 1. The normalized spacial score (nSPS) is 10.3. The van der Waals surface area contributed by atoms with Crippen molar-refractivity contribution in [1.29, 1.82) is 0 Å². The zero-order valence-electron chi connectivity index (χ0n) is 9.90. The molecule has 2 rings (SSSR count). The predicted molar refractivity (Wildman–Crippen MR) is 80.8 cm³/mol. The zero-order chi connectivity index (χ0) is 12.8. The molecule has 0 radical (unpaired) electrons. The highest BCUT2D eigenvalue weighted by Crippen LogP contribution is 2.32. The predicted octanol–water partition coefficient (Wildman–Crippen LogP) is 5.17. The fourth-order valence-corrected chi connectivity index (χ4v) is 2.11. The molecule has 3 heteroatoms. The molecule has 0 aliphatic heterocycles. The van der Waals surface area contributed by atoms with Gasteiger partial charge in [-0.1, -0.05) is 57.9 Å². The molecule has 0 spiro atoms. The highest BCUT2D eigenvalue weighted by atomic mass is 79.9. The molecule has 0 heterocycles. The first-order valence-corrected chi connectivity index (χ1v) is 7.35. The molecule has 0 fully saturated rings. The highest BCUT2D eigenvalue weighted by Gasteiger charge is 2.06. The summed E-state index contributed by atoms with van der Waals surface area (Å²) in [6, 6.07) is 15.9. The van der Waals surface area contributed by atoms with Gasteiger partial charge in [0.25, 0.3) is 0 Å². The summed E-state index contributed by atoms with van der Waals surface area (Å²) in [5, 5.41) is 1.67. The van der Waals surface area contributed by atoms with Crippen LogP contribution < -0.4 is 4.74 Å². The van der Waals surface area contributed by atoms with Gasteiger partial charge in [0.2, 0.25) is 0 Å². The Kier molecular flexibility index (Phi) is 5.09. The van der Waals surface area contributed by atoms with E-state index in [1.807, 2.05) is 36.4 Å². The minimum absolute atomic E-state index is 0.701. The van der Waals surface area contributed by atoms with Gasteiger partial charge in [-0.05, 0) is 30.2 Å². The summed E-state index contributed by atoms with van der Waals surface area (Å²) >= 11 is 9.46. The second-order valence-electron chi connectivity index (χ2n) is 3.90. The molecule has 0 bridgehead atoms. The Labute approximate surface area is 121 Å². The largest absolute Gasteiger partial charge is 0.493 e. The highest BCUT2D eigenvalue weighted by molar-refractivity contribution is 9.09. The topological polar surface area (TPSA) is 9.23 Å². The molecule has 0 saturated heterocycles. The second-order valence-corrected chi connectivity index (χ2v) is 5.13. The van der Waals surface area contributed by atoms with E-state index in [2.05, 4.69) is 28.1 Å². The number of hydrogen-bond acceptors (Lipinski definition) is 1. The first-order valence-electron chi connectivity index (χ1n) is 5.85. The molecular formula is C15H14BrClO. The SMILES string of the molecule is Clc1ccc(OCCCBr)c(-c2ccccc2)c1. The maximum Gasteiger partial charge on any atom is 0.127 e. The van der Waals surface area contributed by atoms with Crippen molar-refractivity contribution in [3.63, 3.8) is 0 Å². The Bertz CT molecular complexity index is 499. The molecule has 0 N–H and O–H groups in total. The van der Waals surface area contributed by atoms with Gasteiger partial charge < -0.3 is 4.74 Å². The number of halogens is 2. The summed E-state index contributed by atoms with van der Waals surface area (Å²) in [6.45, 7) is 0.701. The Morgan fingerprint density at radius 1 is 1.06 bits per heavy atom. The molecule has 94 valence electrons. The van der Waals surface area contributed by atoms with Crippen LogP contribution in [-0.2, 0) is 0 Å². The van der Waals surface area contributed by atoms with Crippen LogP contribution in [0.15, 0.2) is 48.5 Å². The van der Waals surface area contributed by atoms with Crippen LogP contribution in [0, 0.1) is 0 Å². The van der Waals surface area contributed by atoms with E-state index in [1.165, 1.54) is 0 Å². The van der Waals surface area contributed by atoms with Crippen LogP contribution in [-0.4, -0.2) is 11.9 Å². The van der Waals surface area contributed by atoms with Gasteiger partial charge in [-0.2, -0.15) is 0 Å². The Balaban J connectivity index is 2.29. The van der Waals surface area contributed by atoms with Gasteiger partial charge in [0.1, 0.15) is 5.75 Å². The summed E-state index contributed by atoms with van der Waals surface area (Å²) in [5.74, 6) is 0.881. The smallest absolute Gasteiger partial charge is 0.127 e. The fourth-order valence-electron chi connectivity index (χ4n) is 1.71. The lowest BCUT2D eigenvalue weighted by Crippen LogP contribution is -1.99. The van der Waals surface area contributed by atoms with Crippen LogP contribution >= 0.6 is 27.5 Å². The fraction of sp³-hybridized carbons (Fsp3) is 0.200. The van der Waals surface area contributed by atoms with E-state index in [4.69, 9.17) is 16.3 Å². The van der Waals surface area contributed by atoms with E-state index in [0.717, 1.165) is 33.6 Å². The minimum atomic E-state index is 0.701. The average molecular weight is 326 g/mol. The quantitative estimate of drug-likeness (QED) is 0.544. The van der Waals surface area contributed by atoms with Crippen LogP contribution in [0.25, 0.3) is 11.1 Å².